The lowest BCUT2D eigenvalue weighted by Crippen LogP contribution is -2.17. The molecule has 0 heterocycles. The summed E-state index contributed by atoms with van der Waals surface area (Å²) in [6, 6.07) is 0. The second-order valence-electron chi connectivity index (χ2n) is 6.07. The van der Waals surface area contributed by atoms with Crippen LogP contribution in [0.1, 0.15) is 54.4 Å². The Kier molecular flexibility index (Phi) is 3.09. The van der Waals surface area contributed by atoms with E-state index in [0.717, 1.165) is 23.7 Å². The molecule has 0 aromatic heterocycles. The Morgan fingerprint density at radius 3 is 2.08 bits per heavy atom. The van der Waals surface area contributed by atoms with E-state index in [0.29, 0.717) is 5.41 Å². The molecule has 0 heteroatoms. The average Bonchev–Trinajstić information content (AvgIpc) is 2.60. The van der Waals surface area contributed by atoms with Crippen LogP contribution >= 0.6 is 0 Å². The topological polar surface area (TPSA) is 0 Å². The van der Waals surface area contributed by atoms with E-state index in [1.54, 1.807) is 0 Å². The highest BCUT2D eigenvalue weighted by Crippen LogP contribution is 2.61. The SMILES string of the molecule is CC(C)CC1CC1(C)C(C)C(C)C. The molecule has 1 saturated carbocycles. The van der Waals surface area contributed by atoms with Gasteiger partial charge in [-0.3, -0.25) is 0 Å². The van der Waals surface area contributed by atoms with Gasteiger partial charge in [0.25, 0.3) is 0 Å². The molecule has 0 radical (unpaired) electrons. The van der Waals surface area contributed by atoms with Gasteiger partial charge in [-0.25, -0.2) is 0 Å². The van der Waals surface area contributed by atoms with Crippen LogP contribution in [0.25, 0.3) is 0 Å². The molecule has 0 N–H and O–H groups in total. The van der Waals surface area contributed by atoms with Crippen molar-refractivity contribution < 1.29 is 0 Å². The highest BCUT2D eigenvalue weighted by molar-refractivity contribution is 5.02. The largest absolute Gasteiger partial charge is 0.0628 e. The Bertz CT molecular complexity index is 169. The predicted octanol–water partition coefficient (Wildman–Crippen LogP) is 4.35. The van der Waals surface area contributed by atoms with Gasteiger partial charge in [0, 0.05) is 0 Å². The third-order valence-electron chi connectivity index (χ3n) is 4.25. The minimum absolute atomic E-state index is 0.679. The van der Waals surface area contributed by atoms with Crippen LogP contribution in [0.15, 0.2) is 0 Å². The zero-order valence-electron chi connectivity index (χ0n) is 10.2. The van der Waals surface area contributed by atoms with Gasteiger partial charge in [-0.1, -0.05) is 41.5 Å². The second kappa shape index (κ2) is 3.63. The number of rotatable bonds is 4. The molecule has 0 aromatic carbocycles. The van der Waals surface area contributed by atoms with Gasteiger partial charge >= 0.3 is 0 Å². The summed E-state index contributed by atoms with van der Waals surface area (Å²) in [5.74, 6) is 3.65. The highest BCUT2D eigenvalue weighted by atomic mass is 14.6. The molecule has 13 heavy (non-hydrogen) atoms. The van der Waals surface area contributed by atoms with E-state index >= 15 is 0 Å². The van der Waals surface area contributed by atoms with E-state index < -0.39 is 0 Å². The van der Waals surface area contributed by atoms with Gasteiger partial charge in [-0.2, -0.15) is 0 Å². The van der Waals surface area contributed by atoms with Crippen LogP contribution in [0.5, 0.6) is 0 Å². The molecule has 0 nitrogen and oxygen atoms in total. The third-order valence-corrected chi connectivity index (χ3v) is 4.25. The van der Waals surface area contributed by atoms with Gasteiger partial charge in [0.05, 0.1) is 0 Å². The first-order valence-corrected chi connectivity index (χ1v) is 5.88. The molecule has 3 atom stereocenters. The smallest absolute Gasteiger partial charge is 0.0266 e. The van der Waals surface area contributed by atoms with Crippen molar-refractivity contribution in [3.63, 3.8) is 0 Å². The van der Waals surface area contributed by atoms with Crippen molar-refractivity contribution >= 4 is 0 Å². The van der Waals surface area contributed by atoms with Crippen LogP contribution in [-0.4, -0.2) is 0 Å². The quantitative estimate of drug-likeness (QED) is 0.606. The Hall–Kier alpha value is 0. The third kappa shape index (κ3) is 2.27. The molecule has 0 spiro atoms. The first-order valence-electron chi connectivity index (χ1n) is 5.88. The molecule has 0 amide bonds. The van der Waals surface area contributed by atoms with E-state index in [1.165, 1.54) is 12.8 Å². The van der Waals surface area contributed by atoms with Crippen molar-refractivity contribution in [3.8, 4) is 0 Å². The summed E-state index contributed by atoms with van der Waals surface area (Å²) in [6.07, 6.45) is 2.91. The van der Waals surface area contributed by atoms with Crippen LogP contribution < -0.4 is 0 Å². The molecule has 0 bridgehead atoms. The van der Waals surface area contributed by atoms with E-state index in [9.17, 15) is 0 Å². The van der Waals surface area contributed by atoms with Crippen LogP contribution in [0, 0.1) is 29.1 Å². The summed E-state index contributed by atoms with van der Waals surface area (Å²) in [4.78, 5) is 0. The van der Waals surface area contributed by atoms with E-state index in [4.69, 9.17) is 0 Å². The summed E-state index contributed by atoms with van der Waals surface area (Å²) < 4.78 is 0. The van der Waals surface area contributed by atoms with Crippen LogP contribution in [0.4, 0.5) is 0 Å². The predicted molar refractivity (Wildman–Crippen MR) is 59.7 cm³/mol. The fourth-order valence-electron chi connectivity index (χ4n) is 2.71. The lowest BCUT2D eigenvalue weighted by Gasteiger charge is -2.25. The zero-order chi connectivity index (χ0) is 10.2. The normalized spacial score (nSPS) is 35.5. The first kappa shape index (κ1) is 11.1. The molecule has 78 valence electrons. The van der Waals surface area contributed by atoms with Gasteiger partial charge in [0.2, 0.25) is 0 Å². The molecule has 0 saturated heterocycles. The summed E-state index contributed by atoms with van der Waals surface area (Å²) in [5, 5.41) is 0. The summed E-state index contributed by atoms with van der Waals surface area (Å²) >= 11 is 0. The minimum Gasteiger partial charge on any atom is -0.0628 e. The maximum atomic E-state index is 2.49. The minimum atomic E-state index is 0.679. The maximum Gasteiger partial charge on any atom is -0.0266 e. The number of hydrogen-bond acceptors (Lipinski definition) is 0. The van der Waals surface area contributed by atoms with Gasteiger partial charge < -0.3 is 0 Å². The van der Waals surface area contributed by atoms with E-state index in [1.807, 2.05) is 0 Å². The van der Waals surface area contributed by atoms with Gasteiger partial charge in [-0.15, -0.1) is 0 Å². The van der Waals surface area contributed by atoms with Crippen molar-refractivity contribution in [1.82, 2.24) is 0 Å². The van der Waals surface area contributed by atoms with E-state index in [2.05, 4.69) is 41.5 Å². The lowest BCUT2D eigenvalue weighted by atomic mass is 9.81. The molecular weight excluding hydrogens is 156 g/mol. The average molecular weight is 182 g/mol. The Morgan fingerprint density at radius 1 is 1.15 bits per heavy atom. The molecular formula is C13H26. The fraction of sp³-hybridized carbons (Fsp3) is 1.00. The van der Waals surface area contributed by atoms with E-state index in [-0.39, 0.29) is 0 Å². The van der Waals surface area contributed by atoms with Crippen molar-refractivity contribution in [3.05, 3.63) is 0 Å². The molecule has 1 aliphatic rings. The molecule has 0 aromatic rings. The van der Waals surface area contributed by atoms with Crippen LogP contribution in [-0.2, 0) is 0 Å². The first-order chi connectivity index (χ1) is 5.88. The van der Waals surface area contributed by atoms with Crippen molar-refractivity contribution in [2.24, 2.45) is 29.1 Å². The standard InChI is InChI=1S/C13H26/c1-9(2)7-12-8-13(12,6)11(5)10(3)4/h9-12H,7-8H2,1-6H3. The van der Waals surface area contributed by atoms with Gasteiger partial charge in [-0.05, 0) is 41.9 Å². The highest BCUT2D eigenvalue weighted by Gasteiger charge is 2.53. The summed E-state index contributed by atoms with van der Waals surface area (Å²) in [5.41, 5.74) is 0.679. The number of hydrogen-bond donors (Lipinski definition) is 0. The van der Waals surface area contributed by atoms with Crippen molar-refractivity contribution in [2.75, 3.05) is 0 Å². The summed E-state index contributed by atoms with van der Waals surface area (Å²) in [6.45, 7) is 14.3. The zero-order valence-corrected chi connectivity index (χ0v) is 10.2. The van der Waals surface area contributed by atoms with Gasteiger partial charge in [0.1, 0.15) is 0 Å². The van der Waals surface area contributed by atoms with Crippen molar-refractivity contribution in [2.45, 2.75) is 54.4 Å². The molecule has 0 aliphatic heterocycles. The monoisotopic (exact) mass is 182 g/mol. The second-order valence-corrected chi connectivity index (χ2v) is 6.07. The summed E-state index contributed by atoms with van der Waals surface area (Å²) in [7, 11) is 0. The Labute approximate surface area is 84.1 Å². The lowest BCUT2D eigenvalue weighted by molar-refractivity contribution is 0.244. The Balaban J connectivity index is 2.44. The van der Waals surface area contributed by atoms with Crippen LogP contribution in [0.3, 0.4) is 0 Å². The Morgan fingerprint density at radius 2 is 1.69 bits per heavy atom. The fourth-order valence-corrected chi connectivity index (χ4v) is 2.71. The molecule has 3 unspecified atom stereocenters. The maximum absolute atomic E-state index is 2.49. The van der Waals surface area contributed by atoms with Crippen molar-refractivity contribution in [1.29, 1.82) is 0 Å². The molecule has 1 aliphatic carbocycles. The van der Waals surface area contributed by atoms with Crippen LogP contribution in [0.2, 0.25) is 0 Å². The molecule has 1 rings (SSSR count). The molecule has 1 fully saturated rings. The van der Waals surface area contributed by atoms with Gasteiger partial charge in [0.15, 0.2) is 0 Å².